The lowest BCUT2D eigenvalue weighted by atomic mass is 10.1. The SMILES string of the molecule is COCCN(CC(=O)N(CCc1ccc(OC)c(OC)c1)Cc1ccc(C)o1)C(=O)c1cccc(Br)c1. The Labute approximate surface area is 226 Å². The molecule has 0 unspecified atom stereocenters. The van der Waals surface area contributed by atoms with Crippen molar-refractivity contribution in [1.29, 1.82) is 0 Å². The molecule has 0 fully saturated rings. The smallest absolute Gasteiger partial charge is 0.254 e. The van der Waals surface area contributed by atoms with Gasteiger partial charge < -0.3 is 28.4 Å². The third-order valence-electron chi connectivity index (χ3n) is 5.86. The summed E-state index contributed by atoms with van der Waals surface area (Å²) >= 11 is 3.41. The first kappa shape index (κ1) is 28.3. The third kappa shape index (κ3) is 8.10. The van der Waals surface area contributed by atoms with E-state index in [1.54, 1.807) is 44.4 Å². The van der Waals surface area contributed by atoms with Gasteiger partial charge in [0.1, 0.15) is 18.1 Å². The summed E-state index contributed by atoms with van der Waals surface area (Å²) in [6.07, 6.45) is 0.587. The molecule has 0 aliphatic carbocycles. The fourth-order valence-corrected chi connectivity index (χ4v) is 4.27. The molecule has 1 heterocycles. The predicted octanol–water partition coefficient (Wildman–Crippen LogP) is 4.73. The molecule has 3 aromatic rings. The van der Waals surface area contributed by atoms with Crippen LogP contribution in [0.25, 0.3) is 0 Å². The number of nitrogens with zero attached hydrogens (tertiary/aromatic N) is 2. The number of furan rings is 1. The van der Waals surface area contributed by atoms with Gasteiger partial charge in [-0.05, 0) is 61.4 Å². The Morgan fingerprint density at radius 3 is 2.35 bits per heavy atom. The normalized spacial score (nSPS) is 10.7. The van der Waals surface area contributed by atoms with Crippen LogP contribution in [-0.4, -0.2) is 69.2 Å². The van der Waals surface area contributed by atoms with Gasteiger partial charge in [0, 0.05) is 30.2 Å². The van der Waals surface area contributed by atoms with E-state index >= 15 is 0 Å². The highest BCUT2D eigenvalue weighted by Gasteiger charge is 2.23. The first-order chi connectivity index (χ1) is 17.8. The quantitative estimate of drug-likeness (QED) is 0.294. The molecular formula is C28H33BrN2O6. The van der Waals surface area contributed by atoms with E-state index in [1.165, 1.54) is 4.90 Å². The van der Waals surface area contributed by atoms with Gasteiger partial charge in [0.05, 0.1) is 27.4 Å². The molecule has 0 bridgehead atoms. The monoisotopic (exact) mass is 572 g/mol. The second-order valence-corrected chi connectivity index (χ2v) is 9.41. The highest BCUT2D eigenvalue weighted by Crippen LogP contribution is 2.28. The molecule has 37 heavy (non-hydrogen) atoms. The molecule has 0 N–H and O–H groups in total. The number of amides is 2. The minimum Gasteiger partial charge on any atom is -0.493 e. The summed E-state index contributed by atoms with van der Waals surface area (Å²) in [6, 6.07) is 16.5. The van der Waals surface area contributed by atoms with Crippen molar-refractivity contribution in [2.24, 2.45) is 0 Å². The molecule has 8 nitrogen and oxygen atoms in total. The van der Waals surface area contributed by atoms with Crippen LogP contribution in [0.15, 0.2) is 63.5 Å². The topological polar surface area (TPSA) is 81.5 Å². The number of carbonyl (C=O) groups is 2. The number of methoxy groups -OCH3 is 3. The maximum Gasteiger partial charge on any atom is 0.254 e. The lowest BCUT2D eigenvalue weighted by Gasteiger charge is -2.27. The molecule has 0 spiro atoms. The molecule has 0 saturated carbocycles. The van der Waals surface area contributed by atoms with Crippen molar-refractivity contribution in [3.63, 3.8) is 0 Å². The minimum atomic E-state index is -0.236. The Morgan fingerprint density at radius 2 is 1.70 bits per heavy atom. The number of halogens is 1. The second kappa shape index (κ2) is 13.9. The number of hydrogen-bond acceptors (Lipinski definition) is 6. The van der Waals surface area contributed by atoms with Gasteiger partial charge in [-0.3, -0.25) is 9.59 Å². The van der Waals surface area contributed by atoms with Gasteiger partial charge in [0.2, 0.25) is 5.91 Å². The lowest BCUT2D eigenvalue weighted by Crippen LogP contribution is -2.44. The summed E-state index contributed by atoms with van der Waals surface area (Å²) in [5.74, 6) is 2.30. The maximum atomic E-state index is 13.6. The molecule has 0 saturated heterocycles. The highest BCUT2D eigenvalue weighted by molar-refractivity contribution is 9.10. The van der Waals surface area contributed by atoms with Crippen LogP contribution in [-0.2, 0) is 22.5 Å². The van der Waals surface area contributed by atoms with Crippen molar-refractivity contribution >= 4 is 27.7 Å². The van der Waals surface area contributed by atoms with E-state index in [0.29, 0.717) is 48.9 Å². The second-order valence-electron chi connectivity index (χ2n) is 8.50. The first-order valence-electron chi connectivity index (χ1n) is 11.9. The van der Waals surface area contributed by atoms with Crippen molar-refractivity contribution in [1.82, 2.24) is 9.80 Å². The highest BCUT2D eigenvalue weighted by atomic mass is 79.9. The molecule has 198 valence electrons. The largest absolute Gasteiger partial charge is 0.493 e. The standard InChI is InChI=1S/C28H33BrN2O6/c1-20-8-10-24(37-20)18-30(13-12-21-9-11-25(35-3)26(16-21)36-4)27(32)19-31(14-15-34-2)28(33)22-6-5-7-23(29)17-22/h5-11,16-17H,12-15,18-19H2,1-4H3. The van der Waals surface area contributed by atoms with Gasteiger partial charge >= 0.3 is 0 Å². The van der Waals surface area contributed by atoms with Crippen LogP contribution in [0.3, 0.4) is 0 Å². The number of hydrogen-bond donors (Lipinski definition) is 0. The maximum absolute atomic E-state index is 13.6. The number of carbonyl (C=O) groups excluding carboxylic acids is 2. The van der Waals surface area contributed by atoms with Crippen LogP contribution in [0.1, 0.15) is 27.4 Å². The van der Waals surface area contributed by atoms with Gasteiger partial charge in [-0.25, -0.2) is 0 Å². The third-order valence-corrected chi connectivity index (χ3v) is 6.36. The molecule has 0 atom stereocenters. The van der Waals surface area contributed by atoms with Crippen LogP contribution in [0.2, 0.25) is 0 Å². The molecule has 9 heteroatoms. The molecule has 0 aliphatic heterocycles. The van der Waals surface area contributed by atoms with E-state index in [1.807, 2.05) is 43.3 Å². The Bertz CT molecular complexity index is 1190. The summed E-state index contributed by atoms with van der Waals surface area (Å²) in [7, 11) is 4.75. The molecule has 0 aliphatic rings. The summed E-state index contributed by atoms with van der Waals surface area (Å²) in [5, 5.41) is 0. The van der Waals surface area contributed by atoms with Crippen LogP contribution < -0.4 is 9.47 Å². The zero-order valence-corrected chi connectivity index (χ0v) is 23.2. The van der Waals surface area contributed by atoms with Crippen LogP contribution in [0.4, 0.5) is 0 Å². The Kier molecular flexibility index (Phi) is 10.6. The van der Waals surface area contributed by atoms with E-state index in [2.05, 4.69) is 15.9 Å². The number of ether oxygens (including phenoxy) is 3. The van der Waals surface area contributed by atoms with E-state index in [9.17, 15) is 9.59 Å². The molecular weight excluding hydrogens is 540 g/mol. The molecule has 1 aromatic heterocycles. The summed E-state index contributed by atoms with van der Waals surface area (Å²) in [5.41, 5.74) is 1.49. The molecule has 3 rings (SSSR count). The fraction of sp³-hybridized carbons (Fsp3) is 0.357. The summed E-state index contributed by atoms with van der Waals surface area (Å²) < 4.78 is 22.5. The number of aryl methyl sites for hydroxylation is 1. The van der Waals surface area contributed by atoms with E-state index in [4.69, 9.17) is 18.6 Å². The predicted molar refractivity (Wildman–Crippen MR) is 144 cm³/mol. The van der Waals surface area contributed by atoms with Crippen molar-refractivity contribution < 1.29 is 28.2 Å². The van der Waals surface area contributed by atoms with Gasteiger partial charge in [0.15, 0.2) is 11.5 Å². The van der Waals surface area contributed by atoms with Gasteiger partial charge in [-0.15, -0.1) is 0 Å². The summed E-state index contributed by atoms with van der Waals surface area (Å²) in [4.78, 5) is 30.1. The minimum absolute atomic E-state index is 0.0830. The van der Waals surface area contributed by atoms with Crippen molar-refractivity contribution in [3.8, 4) is 11.5 Å². The van der Waals surface area contributed by atoms with E-state index < -0.39 is 0 Å². The summed E-state index contributed by atoms with van der Waals surface area (Å²) in [6.45, 7) is 3.11. The van der Waals surface area contributed by atoms with Gasteiger partial charge in [-0.1, -0.05) is 28.1 Å². The fourth-order valence-electron chi connectivity index (χ4n) is 3.87. The number of rotatable bonds is 13. The first-order valence-corrected chi connectivity index (χ1v) is 12.7. The lowest BCUT2D eigenvalue weighted by molar-refractivity contribution is -0.132. The Morgan fingerprint density at radius 1 is 0.919 bits per heavy atom. The van der Waals surface area contributed by atoms with Crippen molar-refractivity contribution in [3.05, 3.63) is 81.7 Å². The molecule has 2 amide bonds. The number of benzene rings is 2. The zero-order chi connectivity index (χ0) is 26.8. The van der Waals surface area contributed by atoms with Crippen LogP contribution in [0.5, 0.6) is 11.5 Å². The zero-order valence-electron chi connectivity index (χ0n) is 21.7. The van der Waals surface area contributed by atoms with Gasteiger partial charge in [0.25, 0.3) is 5.91 Å². The van der Waals surface area contributed by atoms with Crippen molar-refractivity contribution in [2.75, 3.05) is 47.6 Å². The Balaban J connectivity index is 1.79. The Hall–Kier alpha value is -3.30. The molecule has 2 aromatic carbocycles. The van der Waals surface area contributed by atoms with Gasteiger partial charge in [-0.2, -0.15) is 0 Å². The average molecular weight is 573 g/mol. The van der Waals surface area contributed by atoms with Crippen LogP contribution in [0, 0.1) is 6.92 Å². The van der Waals surface area contributed by atoms with Crippen molar-refractivity contribution in [2.45, 2.75) is 19.9 Å². The van der Waals surface area contributed by atoms with E-state index in [-0.39, 0.29) is 24.9 Å². The van der Waals surface area contributed by atoms with Crippen LogP contribution >= 0.6 is 15.9 Å². The average Bonchev–Trinajstić information content (AvgIpc) is 3.32. The van der Waals surface area contributed by atoms with E-state index in [0.717, 1.165) is 15.8 Å². The molecule has 0 radical (unpaired) electrons.